The Morgan fingerprint density at radius 1 is 1.31 bits per heavy atom. The van der Waals surface area contributed by atoms with Crippen LogP contribution in [0, 0.1) is 0 Å². The monoisotopic (exact) mass is 413 g/mol. The van der Waals surface area contributed by atoms with Crippen molar-refractivity contribution in [3.05, 3.63) is 42.4 Å². The van der Waals surface area contributed by atoms with Crippen LogP contribution in [0.2, 0.25) is 0 Å². The number of hydrogen-bond donors (Lipinski definition) is 1. The van der Waals surface area contributed by atoms with Gasteiger partial charge in [0.05, 0.1) is 25.8 Å². The predicted molar refractivity (Wildman–Crippen MR) is 106 cm³/mol. The number of amides is 1. The van der Waals surface area contributed by atoms with Crippen molar-refractivity contribution in [3.8, 4) is 10.9 Å². The first-order chi connectivity index (χ1) is 14.2. The zero-order chi connectivity index (χ0) is 20.1. The molecule has 1 aliphatic heterocycles. The smallest absolute Gasteiger partial charge is 0.296 e. The molecule has 0 bridgehead atoms. The number of ether oxygens (including phenoxy) is 2. The van der Waals surface area contributed by atoms with E-state index in [1.165, 1.54) is 11.3 Å². The third-order valence-corrected chi connectivity index (χ3v) is 5.04. The van der Waals surface area contributed by atoms with Crippen LogP contribution >= 0.6 is 11.3 Å². The summed E-state index contributed by atoms with van der Waals surface area (Å²) in [6.45, 7) is 1.53. The molecule has 4 heterocycles. The summed E-state index contributed by atoms with van der Waals surface area (Å²) >= 11 is 1.20. The topological polar surface area (TPSA) is 115 Å². The SMILES string of the molecule is COc1ccnc(CC(=O)Nc2nnc(O[C@@H]3CCN(c4cccnn4)C3)s2)c1. The molecule has 0 radical (unpaired) electrons. The predicted octanol–water partition coefficient (Wildman–Crippen LogP) is 1.57. The second-order valence-corrected chi connectivity index (χ2v) is 7.28. The molecule has 3 aromatic heterocycles. The van der Waals surface area contributed by atoms with Crippen molar-refractivity contribution in [1.29, 1.82) is 0 Å². The first-order valence-electron chi connectivity index (χ1n) is 9.01. The first-order valence-corrected chi connectivity index (χ1v) is 9.83. The van der Waals surface area contributed by atoms with Gasteiger partial charge in [0.1, 0.15) is 11.9 Å². The second kappa shape index (κ2) is 8.78. The van der Waals surface area contributed by atoms with E-state index in [1.807, 2.05) is 12.1 Å². The van der Waals surface area contributed by atoms with Crippen LogP contribution in [0.4, 0.5) is 10.9 Å². The fraction of sp³-hybridized carbons (Fsp3) is 0.333. The summed E-state index contributed by atoms with van der Waals surface area (Å²) in [6.07, 6.45) is 4.19. The minimum absolute atomic E-state index is 0.0190. The van der Waals surface area contributed by atoms with Crippen molar-refractivity contribution in [2.45, 2.75) is 18.9 Å². The lowest BCUT2D eigenvalue weighted by molar-refractivity contribution is -0.115. The maximum Gasteiger partial charge on any atom is 0.296 e. The van der Waals surface area contributed by atoms with E-state index >= 15 is 0 Å². The van der Waals surface area contributed by atoms with Gasteiger partial charge in [-0.25, -0.2) is 0 Å². The minimum atomic E-state index is -0.233. The fourth-order valence-corrected chi connectivity index (χ4v) is 3.63. The Labute approximate surface area is 170 Å². The van der Waals surface area contributed by atoms with E-state index in [1.54, 1.807) is 31.6 Å². The van der Waals surface area contributed by atoms with E-state index in [-0.39, 0.29) is 18.4 Å². The third-order valence-electron chi connectivity index (χ3n) is 4.31. The lowest BCUT2D eigenvalue weighted by Gasteiger charge is -2.16. The average Bonchev–Trinajstić information content (AvgIpc) is 3.38. The zero-order valence-corrected chi connectivity index (χ0v) is 16.5. The normalized spacial score (nSPS) is 15.9. The van der Waals surface area contributed by atoms with Crippen molar-refractivity contribution in [2.24, 2.45) is 0 Å². The van der Waals surface area contributed by atoms with E-state index in [2.05, 4.69) is 35.6 Å². The maximum absolute atomic E-state index is 12.2. The van der Waals surface area contributed by atoms with Gasteiger partial charge in [-0.3, -0.25) is 9.78 Å². The lowest BCUT2D eigenvalue weighted by atomic mass is 10.2. The number of hydrogen-bond acceptors (Lipinski definition) is 10. The molecule has 0 aliphatic carbocycles. The number of carbonyl (C=O) groups excluding carboxylic acids is 1. The van der Waals surface area contributed by atoms with Gasteiger partial charge in [0, 0.05) is 31.4 Å². The molecule has 0 saturated carbocycles. The van der Waals surface area contributed by atoms with Gasteiger partial charge < -0.3 is 19.7 Å². The van der Waals surface area contributed by atoms with E-state index in [0.717, 1.165) is 18.8 Å². The van der Waals surface area contributed by atoms with Crippen LogP contribution in [0.1, 0.15) is 12.1 Å². The maximum atomic E-state index is 12.2. The quantitative estimate of drug-likeness (QED) is 0.616. The van der Waals surface area contributed by atoms with Crippen LogP contribution in [0.25, 0.3) is 0 Å². The largest absolute Gasteiger partial charge is 0.497 e. The summed E-state index contributed by atoms with van der Waals surface area (Å²) < 4.78 is 11.1. The van der Waals surface area contributed by atoms with Gasteiger partial charge >= 0.3 is 0 Å². The Morgan fingerprint density at radius 3 is 3.07 bits per heavy atom. The summed E-state index contributed by atoms with van der Waals surface area (Å²) in [5.74, 6) is 1.25. The van der Waals surface area contributed by atoms with Crippen LogP contribution < -0.4 is 19.7 Å². The number of pyridine rings is 1. The first kappa shape index (κ1) is 19.0. The summed E-state index contributed by atoms with van der Waals surface area (Å²) in [6, 6.07) is 7.23. The molecular weight excluding hydrogens is 394 g/mol. The molecular formula is C18H19N7O3S. The molecule has 4 rings (SSSR count). The van der Waals surface area contributed by atoms with Crippen LogP contribution in [-0.4, -0.2) is 57.6 Å². The number of rotatable bonds is 7. The van der Waals surface area contributed by atoms with Crippen molar-refractivity contribution in [2.75, 3.05) is 30.4 Å². The Bertz CT molecular complexity index is 969. The molecule has 11 heteroatoms. The molecule has 0 spiro atoms. The molecule has 3 aromatic rings. The number of carbonyl (C=O) groups is 1. The van der Waals surface area contributed by atoms with Gasteiger partial charge in [0.15, 0.2) is 5.82 Å². The zero-order valence-electron chi connectivity index (χ0n) is 15.7. The number of aromatic nitrogens is 5. The molecule has 1 N–H and O–H groups in total. The highest BCUT2D eigenvalue weighted by molar-refractivity contribution is 7.17. The van der Waals surface area contributed by atoms with Crippen LogP contribution in [-0.2, 0) is 11.2 Å². The highest BCUT2D eigenvalue weighted by atomic mass is 32.1. The van der Waals surface area contributed by atoms with E-state index < -0.39 is 0 Å². The summed E-state index contributed by atoms with van der Waals surface area (Å²) in [7, 11) is 1.57. The summed E-state index contributed by atoms with van der Waals surface area (Å²) in [4.78, 5) is 18.5. The van der Waals surface area contributed by atoms with Crippen molar-refractivity contribution < 1.29 is 14.3 Å². The van der Waals surface area contributed by atoms with Crippen LogP contribution in [0.3, 0.4) is 0 Å². The highest BCUT2D eigenvalue weighted by Gasteiger charge is 2.26. The van der Waals surface area contributed by atoms with Crippen LogP contribution in [0.15, 0.2) is 36.7 Å². The molecule has 0 aromatic carbocycles. The Hall–Kier alpha value is -3.34. The summed E-state index contributed by atoms with van der Waals surface area (Å²) in [5.41, 5.74) is 0.609. The Balaban J connectivity index is 1.29. The Morgan fingerprint density at radius 2 is 2.24 bits per heavy atom. The van der Waals surface area contributed by atoms with Gasteiger partial charge in [-0.1, -0.05) is 5.10 Å². The van der Waals surface area contributed by atoms with Crippen molar-refractivity contribution >= 4 is 28.2 Å². The molecule has 10 nitrogen and oxygen atoms in total. The van der Waals surface area contributed by atoms with Gasteiger partial charge in [-0.05, 0) is 29.5 Å². The molecule has 1 atom stereocenters. The molecule has 0 unspecified atom stereocenters. The second-order valence-electron chi connectivity index (χ2n) is 6.34. The molecule has 150 valence electrons. The van der Waals surface area contributed by atoms with Gasteiger partial charge in [-0.2, -0.15) is 5.10 Å². The van der Waals surface area contributed by atoms with Crippen molar-refractivity contribution in [3.63, 3.8) is 0 Å². The number of methoxy groups -OCH3 is 1. The lowest BCUT2D eigenvalue weighted by Crippen LogP contribution is -2.25. The molecule has 1 amide bonds. The van der Waals surface area contributed by atoms with Gasteiger partial charge in [0.2, 0.25) is 11.0 Å². The van der Waals surface area contributed by atoms with E-state index in [9.17, 15) is 4.79 Å². The van der Waals surface area contributed by atoms with Gasteiger partial charge in [0.25, 0.3) is 5.19 Å². The molecule has 1 saturated heterocycles. The number of anilines is 2. The third kappa shape index (κ3) is 4.93. The fourth-order valence-electron chi connectivity index (χ4n) is 2.95. The average molecular weight is 413 g/mol. The van der Waals surface area contributed by atoms with Crippen LogP contribution in [0.5, 0.6) is 10.9 Å². The van der Waals surface area contributed by atoms with Gasteiger partial charge in [-0.15, -0.1) is 10.2 Å². The van der Waals surface area contributed by atoms with Crippen molar-refractivity contribution in [1.82, 2.24) is 25.4 Å². The standard InChI is InChI=1S/C18H19N7O3S/c1-27-13-4-7-19-12(9-13)10-16(26)21-17-23-24-18(29-17)28-14-5-8-25(11-14)15-3-2-6-20-22-15/h2-4,6-7,9,14H,5,8,10-11H2,1H3,(H,21,23,26)/t14-/m1/s1. The number of nitrogens with one attached hydrogen (secondary N) is 1. The van der Waals surface area contributed by atoms with E-state index in [0.29, 0.717) is 28.3 Å². The number of nitrogens with zero attached hydrogens (tertiary/aromatic N) is 6. The van der Waals surface area contributed by atoms with E-state index in [4.69, 9.17) is 9.47 Å². The molecule has 29 heavy (non-hydrogen) atoms. The molecule has 1 fully saturated rings. The minimum Gasteiger partial charge on any atom is -0.497 e. The Kier molecular flexibility index (Phi) is 5.75. The summed E-state index contributed by atoms with van der Waals surface area (Å²) in [5, 5.41) is 19.6. The molecule has 1 aliphatic rings. The highest BCUT2D eigenvalue weighted by Crippen LogP contribution is 2.26.